The number of aromatic nitrogens is 2. The van der Waals surface area contributed by atoms with Crippen LogP contribution in [-0.4, -0.2) is 41.3 Å². The third-order valence-electron chi connectivity index (χ3n) is 2.78. The highest BCUT2D eigenvalue weighted by Gasteiger charge is 2.17. The van der Waals surface area contributed by atoms with Crippen LogP contribution in [0.3, 0.4) is 0 Å². The van der Waals surface area contributed by atoms with Gasteiger partial charge in [0.2, 0.25) is 0 Å². The second-order valence-electron chi connectivity index (χ2n) is 4.30. The molecule has 0 fully saturated rings. The van der Waals surface area contributed by atoms with Gasteiger partial charge in [-0.3, -0.25) is 0 Å². The van der Waals surface area contributed by atoms with Gasteiger partial charge in [-0.15, -0.1) is 0 Å². The maximum atomic E-state index is 13.9. The van der Waals surface area contributed by atoms with Crippen molar-refractivity contribution in [3.05, 3.63) is 40.4 Å². The van der Waals surface area contributed by atoms with Crippen molar-refractivity contribution >= 4 is 27.7 Å². The van der Waals surface area contributed by atoms with E-state index in [1.807, 2.05) is 0 Å². The zero-order valence-corrected chi connectivity index (χ0v) is 13.2. The number of anilines is 1. The SMILES string of the molecule is COCCNc1ncc(-c2cc(Br)ccc2F)nc1C(=O)O. The van der Waals surface area contributed by atoms with E-state index in [1.54, 1.807) is 6.07 Å². The first-order chi connectivity index (χ1) is 10.5. The van der Waals surface area contributed by atoms with Gasteiger partial charge in [0.15, 0.2) is 11.5 Å². The molecule has 0 atom stereocenters. The van der Waals surface area contributed by atoms with Crippen molar-refractivity contribution in [2.45, 2.75) is 0 Å². The number of carbonyl (C=O) groups is 1. The summed E-state index contributed by atoms with van der Waals surface area (Å²) >= 11 is 3.24. The number of ether oxygens (including phenoxy) is 1. The molecular weight excluding hydrogens is 357 g/mol. The first-order valence-electron chi connectivity index (χ1n) is 6.31. The second-order valence-corrected chi connectivity index (χ2v) is 5.22. The lowest BCUT2D eigenvalue weighted by Crippen LogP contribution is -2.14. The number of hydrogen-bond acceptors (Lipinski definition) is 5. The minimum Gasteiger partial charge on any atom is -0.476 e. The summed E-state index contributed by atoms with van der Waals surface area (Å²) in [6, 6.07) is 4.33. The van der Waals surface area contributed by atoms with Crippen LogP contribution in [0.5, 0.6) is 0 Å². The Labute approximate surface area is 134 Å². The average molecular weight is 370 g/mol. The first-order valence-corrected chi connectivity index (χ1v) is 7.10. The van der Waals surface area contributed by atoms with E-state index in [1.165, 1.54) is 25.4 Å². The molecule has 6 nitrogen and oxygen atoms in total. The topological polar surface area (TPSA) is 84.3 Å². The molecule has 0 saturated heterocycles. The molecule has 8 heteroatoms. The number of methoxy groups -OCH3 is 1. The van der Waals surface area contributed by atoms with Gasteiger partial charge in [0, 0.05) is 23.7 Å². The molecule has 0 bridgehead atoms. The van der Waals surface area contributed by atoms with Crippen LogP contribution < -0.4 is 5.32 Å². The van der Waals surface area contributed by atoms with Gasteiger partial charge < -0.3 is 15.2 Å². The number of hydrogen-bond donors (Lipinski definition) is 2. The van der Waals surface area contributed by atoms with E-state index in [0.717, 1.165) is 0 Å². The van der Waals surface area contributed by atoms with Gasteiger partial charge in [0.05, 0.1) is 18.5 Å². The number of halogens is 2. The lowest BCUT2D eigenvalue weighted by Gasteiger charge is -2.10. The predicted molar refractivity (Wildman–Crippen MR) is 82.5 cm³/mol. The highest BCUT2D eigenvalue weighted by Crippen LogP contribution is 2.25. The Bertz CT molecular complexity index is 697. The molecule has 0 aliphatic heterocycles. The fourth-order valence-electron chi connectivity index (χ4n) is 1.76. The Balaban J connectivity index is 2.40. The van der Waals surface area contributed by atoms with Gasteiger partial charge in [0.25, 0.3) is 0 Å². The number of aromatic carboxylic acids is 1. The van der Waals surface area contributed by atoms with Crippen molar-refractivity contribution < 1.29 is 19.0 Å². The van der Waals surface area contributed by atoms with Crippen molar-refractivity contribution in [1.29, 1.82) is 0 Å². The third-order valence-corrected chi connectivity index (χ3v) is 3.27. The largest absolute Gasteiger partial charge is 0.476 e. The summed E-state index contributed by atoms with van der Waals surface area (Å²) in [6.45, 7) is 0.777. The van der Waals surface area contributed by atoms with Crippen molar-refractivity contribution in [3.8, 4) is 11.3 Å². The minimum absolute atomic E-state index is 0.115. The summed E-state index contributed by atoms with van der Waals surface area (Å²) in [4.78, 5) is 19.3. The van der Waals surface area contributed by atoms with E-state index in [0.29, 0.717) is 17.6 Å². The van der Waals surface area contributed by atoms with Crippen LogP contribution in [0.15, 0.2) is 28.9 Å². The van der Waals surface area contributed by atoms with Crippen LogP contribution in [0.25, 0.3) is 11.3 Å². The van der Waals surface area contributed by atoms with Crippen LogP contribution in [-0.2, 0) is 4.74 Å². The molecule has 0 aliphatic carbocycles. The lowest BCUT2D eigenvalue weighted by molar-refractivity contribution is 0.0691. The van der Waals surface area contributed by atoms with Gasteiger partial charge in [-0.1, -0.05) is 15.9 Å². The molecule has 116 valence electrons. The normalized spacial score (nSPS) is 10.5. The molecule has 2 N–H and O–H groups in total. The monoisotopic (exact) mass is 369 g/mol. The highest BCUT2D eigenvalue weighted by molar-refractivity contribution is 9.10. The molecule has 0 aliphatic rings. The summed E-state index contributed by atoms with van der Waals surface area (Å²) in [7, 11) is 1.53. The van der Waals surface area contributed by atoms with Gasteiger partial charge in [-0.25, -0.2) is 19.2 Å². The number of carboxylic acids is 1. The summed E-state index contributed by atoms with van der Waals surface area (Å²) in [5.41, 5.74) is 0.0503. The minimum atomic E-state index is -1.25. The van der Waals surface area contributed by atoms with Gasteiger partial charge in [0.1, 0.15) is 5.82 Å². The molecule has 2 rings (SSSR count). The zero-order chi connectivity index (χ0) is 16.1. The quantitative estimate of drug-likeness (QED) is 0.761. The molecule has 0 radical (unpaired) electrons. The van der Waals surface area contributed by atoms with Crippen LogP contribution in [0.4, 0.5) is 10.2 Å². The Morgan fingerprint density at radius 3 is 2.95 bits per heavy atom. The predicted octanol–water partition coefficient (Wildman–Crippen LogP) is 2.80. The highest BCUT2D eigenvalue weighted by atomic mass is 79.9. The summed E-state index contributed by atoms with van der Waals surface area (Å²) in [6.07, 6.45) is 1.33. The standard InChI is InChI=1S/C14H13BrFN3O3/c1-22-5-4-17-13-12(14(20)21)19-11(7-18-13)9-6-8(15)2-3-10(9)16/h2-3,6-7H,4-5H2,1H3,(H,17,18)(H,20,21). The van der Waals surface area contributed by atoms with Crippen molar-refractivity contribution in [1.82, 2.24) is 9.97 Å². The fourth-order valence-corrected chi connectivity index (χ4v) is 2.12. The van der Waals surface area contributed by atoms with E-state index in [-0.39, 0.29) is 22.8 Å². The molecule has 0 saturated carbocycles. The maximum Gasteiger partial charge on any atom is 0.358 e. The molecule has 2 aromatic rings. The van der Waals surface area contributed by atoms with Crippen LogP contribution in [0.1, 0.15) is 10.5 Å². The number of benzene rings is 1. The molecule has 1 aromatic carbocycles. The van der Waals surface area contributed by atoms with E-state index in [4.69, 9.17) is 4.74 Å². The molecular formula is C14H13BrFN3O3. The molecule has 0 unspecified atom stereocenters. The lowest BCUT2D eigenvalue weighted by atomic mass is 10.1. The average Bonchev–Trinajstić information content (AvgIpc) is 2.50. The van der Waals surface area contributed by atoms with Crippen LogP contribution >= 0.6 is 15.9 Å². The Morgan fingerprint density at radius 1 is 1.50 bits per heavy atom. The van der Waals surface area contributed by atoms with Gasteiger partial charge in [-0.05, 0) is 18.2 Å². The third kappa shape index (κ3) is 3.77. The maximum absolute atomic E-state index is 13.9. The molecule has 1 heterocycles. The second kappa shape index (κ2) is 7.28. The number of carboxylic acid groups (broad SMARTS) is 1. The Hall–Kier alpha value is -2.06. The molecule has 22 heavy (non-hydrogen) atoms. The van der Waals surface area contributed by atoms with Gasteiger partial charge >= 0.3 is 5.97 Å². The fraction of sp³-hybridized carbons (Fsp3) is 0.214. The molecule has 0 amide bonds. The Morgan fingerprint density at radius 2 is 2.27 bits per heavy atom. The molecule has 1 aromatic heterocycles. The van der Waals surface area contributed by atoms with Crippen LogP contribution in [0, 0.1) is 5.82 Å². The number of rotatable bonds is 6. The Kier molecular flexibility index (Phi) is 5.40. The van der Waals surface area contributed by atoms with E-state index in [9.17, 15) is 14.3 Å². The van der Waals surface area contributed by atoms with E-state index < -0.39 is 11.8 Å². The summed E-state index contributed by atoms with van der Waals surface area (Å²) in [5, 5.41) is 12.1. The van der Waals surface area contributed by atoms with Crippen molar-refractivity contribution in [3.63, 3.8) is 0 Å². The number of nitrogens with one attached hydrogen (secondary N) is 1. The van der Waals surface area contributed by atoms with Crippen LogP contribution in [0.2, 0.25) is 0 Å². The summed E-state index contributed by atoms with van der Waals surface area (Å²) in [5.74, 6) is -1.64. The summed E-state index contributed by atoms with van der Waals surface area (Å²) < 4.78 is 19.4. The molecule has 0 spiro atoms. The smallest absolute Gasteiger partial charge is 0.358 e. The number of nitrogens with zero attached hydrogens (tertiary/aromatic N) is 2. The van der Waals surface area contributed by atoms with E-state index >= 15 is 0 Å². The van der Waals surface area contributed by atoms with Crippen molar-refractivity contribution in [2.75, 3.05) is 25.6 Å². The van der Waals surface area contributed by atoms with E-state index in [2.05, 4.69) is 31.2 Å². The van der Waals surface area contributed by atoms with Crippen molar-refractivity contribution in [2.24, 2.45) is 0 Å². The first kappa shape index (κ1) is 16.3. The van der Waals surface area contributed by atoms with Gasteiger partial charge in [-0.2, -0.15) is 0 Å². The zero-order valence-electron chi connectivity index (χ0n) is 11.6.